The Morgan fingerprint density at radius 1 is 1.44 bits per heavy atom. The second-order valence-corrected chi connectivity index (χ2v) is 3.70. The highest BCUT2D eigenvalue weighted by Crippen LogP contribution is 1.94. The number of nitrogens with zero attached hydrogens (tertiary/aromatic N) is 1. The van der Waals surface area contributed by atoms with Gasteiger partial charge in [-0.15, -0.1) is 0 Å². The van der Waals surface area contributed by atoms with Crippen molar-refractivity contribution in [1.29, 1.82) is 0 Å². The largest absolute Gasteiger partial charge is 0.409 e. The molecule has 0 aromatic rings. The number of amidine groups is 1. The molecular formula is C10H23N3O3. The summed E-state index contributed by atoms with van der Waals surface area (Å²) in [5.41, 5.74) is 5.32. The summed E-state index contributed by atoms with van der Waals surface area (Å²) in [6.45, 7) is 2.03. The van der Waals surface area contributed by atoms with E-state index in [1.54, 1.807) is 7.11 Å². The van der Waals surface area contributed by atoms with Crippen LogP contribution >= 0.6 is 0 Å². The van der Waals surface area contributed by atoms with Crippen molar-refractivity contribution in [2.45, 2.75) is 31.8 Å². The van der Waals surface area contributed by atoms with Crippen LogP contribution in [0.15, 0.2) is 5.16 Å². The van der Waals surface area contributed by atoms with E-state index in [0.29, 0.717) is 19.4 Å². The van der Waals surface area contributed by atoms with Crippen LogP contribution in [0.3, 0.4) is 0 Å². The standard InChI is InChI=1S/C10H23N3O3/c1-16-8-9(14)5-7-12-6-3-2-4-10(11)13-15/h9,12,14-15H,2-8H2,1H3,(H2,11,13). The highest BCUT2D eigenvalue weighted by molar-refractivity contribution is 5.79. The maximum absolute atomic E-state index is 9.33. The Morgan fingerprint density at radius 2 is 2.19 bits per heavy atom. The molecule has 0 fully saturated rings. The third kappa shape index (κ3) is 9.70. The van der Waals surface area contributed by atoms with Crippen molar-refractivity contribution in [3.05, 3.63) is 0 Å². The number of aliphatic hydroxyl groups is 1. The number of unbranched alkanes of at least 4 members (excludes halogenated alkanes) is 1. The molecule has 6 nitrogen and oxygen atoms in total. The van der Waals surface area contributed by atoms with E-state index < -0.39 is 6.10 Å². The molecule has 0 bridgehead atoms. The van der Waals surface area contributed by atoms with Crippen LogP contribution in [-0.4, -0.2) is 49.1 Å². The molecule has 0 aliphatic carbocycles. The van der Waals surface area contributed by atoms with Gasteiger partial charge in [-0.05, 0) is 32.4 Å². The summed E-state index contributed by atoms with van der Waals surface area (Å²) in [6, 6.07) is 0. The van der Waals surface area contributed by atoms with Gasteiger partial charge in [0.2, 0.25) is 0 Å². The quantitative estimate of drug-likeness (QED) is 0.139. The van der Waals surface area contributed by atoms with Gasteiger partial charge in [-0.1, -0.05) is 5.16 Å². The number of nitrogens with one attached hydrogen (secondary N) is 1. The molecule has 0 aliphatic heterocycles. The lowest BCUT2D eigenvalue weighted by Crippen LogP contribution is -2.24. The van der Waals surface area contributed by atoms with Crippen LogP contribution in [0.1, 0.15) is 25.7 Å². The monoisotopic (exact) mass is 233 g/mol. The molecule has 0 spiro atoms. The molecule has 0 rings (SSSR count). The van der Waals surface area contributed by atoms with E-state index in [1.807, 2.05) is 0 Å². The van der Waals surface area contributed by atoms with E-state index in [1.165, 1.54) is 0 Å². The van der Waals surface area contributed by atoms with Crippen molar-refractivity contribution >= 4 is 5.84 Å². The summed E-state index contributed by atoms with van der Waals surface area (Å²) in [5, 5.41) is 23.7. The Balaban J connectivity index is 3.15. The van der Waals surface area contributed by atoms with E-state index in [2.05, 4.69) is 10.5 Å². The van der Waals surface area contributed by atoms with Crippen molar-refractivity contribution in [3.63, 3.8) is 0 Å². The second kappa shape index (κ2) is 10.7. The maximum atomic E-state index is 9.33. The average molecular weight is 233 g/mol. The minimum atomic E-state index is -0.394. The summed E-state index contributed by atoms with van der Waals surface area (Å²) in [4.78, 5) is 0. The number of hydrogen-bond donors (Lipinski definition) is 4. The fourth-order valence-electron chi connectivity index (χ4n) is 1.28. The normalized spacial score (nSPS) is 14.0. The van der Waals surface area contributed by atoms with Crippen LogP contribution in [0.2, 0.25) is 0 Å². The molecular weight excluding hydrogens is 210 g/mol. The van der Waals surface area contributed by atoms with Crippen LogP contribution in [0, 0.1) is 0 Å². The Morgan fingerprint density at radius 3 is 2.81 bits per heavy atom. The molecule has 6 heteroatoms. The van der Waals surface area contributed by atoms with E-state index in [9.17, 15) is 5.11 Å². The topological polar surface area (TPSA) is 100 Å². The van der Waals surface area contributed by atoms with Crippen LogP contribution in [0.25, 0.3) is 0 Å². The van der Waals surface area contributed by atoms with Crippen molar-refractivity contribution in [3.8, 4) is 0 Å². The number of rotatable bonds is 10. The average Bonchev–Trinajstić information content (AvgIpc) is 2.27. The zero-order valence-electron chi connectivity index (χ0n) is 9.85. The highest BCUT2D eigenvalue weighted by Gasteiger charge is 2.01. The van der Waals surface area contributed by atoms with Crippen LogP contribution in [-0.2, 0) is 4.74 Å². The first-order valence-corrected chi connectivity index (χ1v) is 5.54. The Labute approximate surface area is 96.5 Å². The van der Waals surface area contributed by atoms with E-state index >= 15 is 0 Å². The molecule has 0 radical (unpaired) electrons. The molecule has 1 unspecified atom stereocenters. The number of oxime groups is 1. The lowest BCUT2D eigenvalue weighted by molar-refractivity contribution is 0.0595. The van der Waals surface area contributed by atoms with Crippen LogP contribution < -0.4 is 11.1 Å². The molecule has 0 amide bonds. The van der Waals surface area contributed by atoms with Gasteiger partial charge in [-0.25, -0.2) is 0 Å². The smallest absolute Gasteiger partial charge is 0.139 e. The van der Waals surface area contributed by atoms with Gasteiger partial charge in [0.15, 0.2) is 0 Å². The highest BCUT2D eigenvalue weighted by atomic mass is 16.5. The Hall–Kier alpha value is -0.850. The zero-order valence-corrected chi connectivity index (χ0v) is 9.85. The molecule has 0 aliphatic rings. The number of ether oxygens (including phenoxy) is 1. The van der Waals surface area contributed by atoms with Crippen molar-refractivity contribution in [2.75, 3.05) is 26.8 Å². The minimum Gasteiger partial charge on any atom is -0.409 e. The lowest BCUT2D eigenvalue weighted by Gasteiger charge is -2.09. The summed E-state index contributed by atoms with van der Waals surface area (Å²) in [5.74, 6) is 0.274. The molecule has 5 N–H and O–H groups in total. The van der Waals surface area contributed by atoms with Crippen LogP contribution in [0.4, 0.5) is 0 Å². The van der Waals surface area contributed by atoms with Crippen LogP contribution in [0.5, 0.6) is 0 Å². The predicted molar refractivity (Wildman–Crippen MR) is 62.6 cm³/mol. The number of hydrogen-bond acceptors (Lipinski definition) is 5. The molecule has 1 atom stereocenters. The summed E-state index contributed by atoms with van der Waals surface area (Å²) in [6.07, 6.45) is 2.77. The first-order valence-electron chi connectivity index (χ1n) is 5.54. The van der Waals surface area contributed by atoms with Gasteiger partial charge in [-0.3, -0.25) is 0 Å². The number of nitrogens with two attached hydrogens (primary N) is 1. The molecule has 0 aromatic heterocycles. The summed E-state index contributed by atoms with van der Waals surface area (Å²) >= 11 is 0. The fourth-order valence-corrected chi connectivity index (χ4v) is 1.28. The van der Waals surface area contributed by atoms with Gasteiger partial charge < -0.3 is 26.1 Å². The molecule has 96 valence electrons. The van der Waals surface area contributed by atoms with E-state index in [-0.39, 0.29) is 5.84 Å². The van der Waals surface area contributed by atoms with Gasteiger partial charge in [0.25, 0.3) is 0 Å². The van der Waals surface area contributed by atoms with E-state index in [4.69, 9.17) is 15.7 Å². The minimum absolute atomic E-state index is 0.274. The molecule has 0 aromatic carbocycles. The van der Waals surface area contributed by atoms with Gasteiger partial charge in [-0.2, -0.15) is 0 Å². The fraction of sp³-hybridized carbons (Fsp3) is 0.900. The molecule has 16 heavy (non-hydrogen) atoms. The first kappa shape index (κ1) is 15.2. The third-order valence-electron chi connectivity index (χ3n) is 2.18. The summed E-state index contributed by atoms with van der Waals surface area (Å²) < 4.78 is 4.81. The summed E-state index contributed by atoms with van der Waals surface area (Å²) in [7, 11) is 1.57. The second-order valence-electron chi connectivity index (χ2n) is 3.70. The van der Waals surface area contributed by atoms with Gasteiger partial charge in [0.1, 0.15) is 5.84 Å². The van der Waals surface area contributed by atoms with Crippen molar-refractivity contribution in [1.82, 2.24) is 5.32 Å². The van der Waals surface area contributed by atoms with Crippen molar-refractivity contribution < 1.29 is 15.1 Å². The third-order valence-corrected chi connectivity index (χ3v) is 2.18. The Bertz CT molecular complexity index is 188. The maximum Gasteiger partial charge on any atom is 0.139 e. The first-order chi connectivity index (χ1) is 7.70. The van der Waals surface area contributed by atoms with Crippen molar-refractivity contribution in [2.24, 2.45) is 10.9 Å². The van der Waals surface area contributed by atoms with Gasteiger partial charge in [0.05, 0.1) is 12.7 Å². The van der Waals surface area contributed by atoms with E-state index in [0.717, 1.165) is 25.9 Å². The SMILES string of the molecule is COCC(O)CCNCCCCC(N)=NO. The molecule has 0 heterocycles. The zero-order chi connectivity index (χ0) is 12.2. The number of methoxy groups -OCH3 is 1. The lowest BCUT2D eigenvalue weighted by atomic mass is 10.2. The molecule has 0 saturated carbocycles. The predicted octanol–water partition coefficient (Wildman–Crippen LogP) is -0.110. The van der Waals surface area contributed by atoms with Gasteiger partial charge >= 0.3 is 0 Å². The number of aliphatic hydroxyl groups excluding tert-OH is 1. The molecule has 0 saturated heterocycles. The Kier molecular flexibility index (Phi) is 10.1. The van der Waals surface area contributed by atoms with Gasteiger partial charge in [0, 0.05) is 13.5 Å².